The number of aryl methyl sites for hydroxylation is 1. The van der Waals surface area contributed by atoms with Crippen LogP contribution in [0.3, 0.4) is 0 Å². The molecule has 2 aromatic carbocycles. The molecule has 0 radical (unpaired) electrons. The van der Waals surface area contributed by atoms with Gasteiger partial charge in [-0.1, -0.05) is 36.4 Å². The number of methoxy groups -OCH3 is 1. The van der Waals surface area contributed by atoms with Gasteiger partial charge >= 0.3 is 0 Å². The average Bonchev–Trinajstić information content (AvgIpc) is 2.62. The van der Waals surface area contributed by atoms with Gasteiger partial charge in [0.1, 0.15) is 10.6 Å². The molecule has 0 aromatic heterocycles. The lowest BCUT2D eigenvalue weighted by Crippen LogP contribution is -2.49. The summed E-state index contributed by atoms with van der Waals surface area (Å²) in [5, 5.41) is 0. The van der Waals surface area contributed by atoms with E-state index in [-0.39, 0.29) is 10.9 Å². The minimum Gasteiger partial charge on any atom is -0.495 e. The maximum Gasteiger partial charge on any atom is 0.247 e. The molecule has 0 spiro atoms. The molecule has 1 fully saturated rings. The highest BCUT2D eigenvalue weighted by atomic mass is 32.2. The monoisotopic (exact) mass is 360 g/mol. The number of rotatable bonds is 4. The first-order valence-electron chi connectivity index (χ1n) is 8.33. The smallest absolute Gasteiger partial charge is 0.247 e. The second-order valence-corrected chi connectivity index (χ2v) is 8.32. The largest absolute Gasteiger partial charge is 0.495 e. The molecule has 1 saturated heterocycles. The molecule has 1 atom stereocenters. The van der Waals surface area contributed by atoms with Crippen molar-refractivity contribution in [3.05, 3.63) is 59.7 Å². The average molecular weight is 360 g/mol. The van der Waals surface area contributed by atoms with Gasteiger partial charge in [-0.25, -0.2) is 8.42 Å². The number of sulfonamides is 1. The van der Waals surface area contributed by atoms with Gasteiger partial charge in [-0.05, 0) is 37.2 Å². The predicted molar refractivity (Wildman–Crippen MR) is 98.3 cm³/mol. The van der Waals surface area contributed by atoms with Crippen LogP contribution in [-0.2, 0) is 10.0 Å². The van der Waals surface area contributed by atoms with E-state index in [0.717, 1.165) is 11.1 Å². The quantitative estimate of drug-likeness (QED) is 0.841. The standard InChI is InChI=1S/C19H24N2O3S/c1-15-9-10-18(24-3)19(13-15)25(22,23)21-12-11-20(2)14-17(21)16-7-5-4-6-8-16/h4-10,13,17H,11-12,14H2,1-3H3/t17-/m1/s1. The number of benzene rings is 2. The Kier molecular flexibility index (Phi) is 5.13. The summed E-state index contributed by atoms with van der Waals surface area (Å²) in [6.07, 6.45) is 0. The second-order valence-electron chi connectivity index (χ2n) is 6.46. The molecule has 134 valence electrons. The van der Waals surface area contributed by atoms with Crippen molar-refractivity contribution in [3.8, 4) is 5.75 Å². The van der Waals surface area contributed by atoms with Crippen molar-refractivity contribution in [1.82, 2.24) is 9.21 Å². The van der Waals surface area contributed by atoms with Gasteiger partial charge in [-0.3, -0.25) is 0 Å². The molecular weight excluding hydrogens is 336 g/mol. The van der Waals surface area contributed by atoms with Gasteiger partial charge in [-0.15, -0.1) is 0 Å². The molecule has 0 aliphatic carbocycles. The minimum absolute atomic E-state index is 0.213. The van der Waals surface area contributed by atoms with Crippen molar-refractivity contribution in [1.29, 1.82) is 0 Å². The van der Waals surface area contributed by atoms with Gasteiger partial charge < -0.3 is 9.64 Å². The van der Waals surface area contributed by atoms with E-state index in [1.165, 1.54) is 7.11 Å². The Hall–Kier alpha value is -1.89. The Morgan fingerprint density at radius 1 is 1.08 bits per heavy atom. The third-order valence-corrected chi connectivity index (χ3v) is 6.55. The highest BCUT2D eigenvalue weighted by molar-refractivity contribution is 7.89. The van der Waals surface area contributed by atoms with Crippen LogP contribution >= 0.6 is 0 Å². The summed E-state index contributed by atoms with van der Waals surface area (Å²) in [5.74, 6) is 0.385. The fourth-order valence-corrected chi connectivity index (χ4v) is 5.09. The molecule has 0 unspecified atom stereocenters. The first-order chi connectivity index (χ1) is 11.9. The van der Waals surface area contributed by atoms with Crippen LogP contribution in [0.15, 0.2) is 53.4 Å². The third kappa shape index (κ3) is 3.56. The van der Waals surface area contributed by atoms with Crippen LogP contribution in [0.4, 0.5) is 0 Å². The van der Waals surface area contributed by atoms with E-state index in [9.17, 15) is 8.42 Å². The van der Waals surface area contributed by atoms with Gasteiger partial charge in [0.05, 0.1) is 13.2 Å². The van der Waals surface area contributed by atoms with Crippen molar-refractivity contribution in [3.63, 3.8) is 0 Å². The third-order valence-electron chi connectivity index (χ3n) is 4.62. The van der Waals surface area contributed by atoms with Crippen LogP contribution in [0.1, 0.15) is 17.2 Å². The first kappa shape index (κ1) is 17.9. The zero-order valence-corrected chi connectivity index (χ0v) is 15.7. The van der Waals surface area contributed by atoms with Crippen molar-refractivity contribution in [2.24, 2.45) is 0 Å². The lowest BCUT2D eigenvalue weighted by Gasteiger charge is -2.39. The second kappa shape index (κ2) is 7.15. The number of likely N-dealkylation sites (N-methyl/N-ethyl adjacent to an activating group) is 1. The predicted octanol–water partition coefficient (Wildman–Crippen LogP) is 2.68. The summed E-state index contributed by atoms with van der Waals surface area (Å²) in [7, 11) is -0.143. The molecule has 25 heavy (non-hydrogen) atoms. The maximum absolute atomic E-state index is 13.4. The fourth-order valence-electron chi connectivity index (χ4n) is 3.25. The topological polar surface area (TPSA) is 49.9 Å². The summed E-state index contributed by atoms with van der Waals surface area (Å²) in [4.78, 5) is 2.40. The fraction of sp³-hybridized carbons (Fsp3) is 0.368. The Labute approximate surface area is 149 Å². The number of hydrogen-bond acceptors (Lipinski definition) is 4. The van der Waals surface area contributed by atoms with E-state index in [4.69, 9.17) is 4.74 Å². The van der Waals surface area contributed by atoms with E-state index in [1.54, 1.807) is 16.4 Å². The Balaban J connectivity index is 2.07. The molecule has 0 N–H and O–H groups in total. The molecule has 3 rings (SSSR count). The normalized spacial score (nSPS) is 19.7. The van der Waals surface area contributed by atoms with E-state index in [1.807, 2.05) is 50.4 Å². The molecule has 1 aliphatic rings. The van der Waals surface area contributed by atoms with Crippen molar-refractivity contribution < 1.29 is 13.2 Å². The molecule has 1 aliphatic heterocycles. The van der Waals surface area contributed by atoms with Crippen molar-refractivity contribution >= 4 is 10.0 Å². The van der Waals surface area contributed by atoms with Crippen molar-refractivity contribution in [2.45, 2.75) is 17.9 Å². The molecule has 5 nitrogen and oxygen atoms in total. The minimum atomic E-state index is -3.67. The highest BCUT2D eigenvalue weighted by Gasteiger charge is 2.37. The molecule has 0 amide bonds. The zero-order chi connectivity index (χ0) is 18.0. The van der Waals surface area contributed by atoms with E-state index >= 15 is 0 Å². The van der Waals surface area contributed by atoms with Gasteiger partial charge in [-0.2, -0.15) is 4.31 Å². The van der Waals surface area contributed by atoms with Crippen LogP contribution in [0, 0.1) is 6.92 Å². The summed E-state index contributed by atoms with van der Waals surface area (Å²) >= 11 is 0. The van der Waals surface area contributed by atoms with Gasteiger partial charge in [0, 0.05) is 19.6 Å². The lowest BCUT2D eigenvalue weighted by molar-refractivity contribution is 0.160. The molecule has 2 aromatic rings. The van der Waals surface area contributed by atoms with Crippen LogP contribution in [0.2, 0.25) is 0 Å². The van der Waals surface area contributed by atoms with E-state index in [2.05, 4.69) is 4.90 Å². The van der Waals surface area contributed by atoms with Crippen LogP contribution in [0.25, 0.3) is 0 Å². The summed E-state index contributed by atoms with van der Waals surface area (Å²) in [6.45, 7) is 3.71. The van der Waals surface area contributed by atoms with Gasteiger partial charge in [0.15, 0.2) is 0 Å². The summed E-state index contributed by atoms with van der Waals surface area (Å²) in [6, 6.07) is 14.9. The molecule has 1 heterocycles. The number of piperazine rings is 1. The maximum atomic E-state index is 13.4. The number of hydrogen-bond donors (Lipinski definition) is 0. The van der Waals surface area contributed by atoms with Crippen molar-refractivity contribution in [2.75, 3.05) is 33.8 Å². The number of nitrogens with zero attached hydrogens (tertiary/aromatic N) is 2. The van der Waals surface area contributed by atoms with Crippen LogP contribution in [0.5, 0.6) is 5.75 Å². The Morgan fingerprint density at radius 2 is 1.80 bits per heavy atom. The van der Waals surface area contributed by atoms with Crippen LogP contribution in [-0.4, -0.2) is 51.4 Å². The Bertz CT molecular complexity index is 837. The SMILES string of the molecule is COc1ccc(C)cc1S(=O)(=O)N1CCN(C)C[C@@H]1c1ccccc1. The lowest BCUT2D eigenvalue weighted by atomic mass is 10.1. The van der Waals surface area contributed by atoms with E-state index in [0.29, 0.717) is 25.4 Å². The van der Waals surface area contributed by atoms with E-state index < -0.39 is 10.0 Å². The first-order valence-corrected chi connectivity index (χ1v) is 9.77. The zero-order valence-electron chi connectivity index (χ0n) is 14.8. The molecule has 0 saturated carbocycles. The van der Waals surface area contributed by atoms with Crippen LogP contribution < -0.4 is 4.74 Å². The Morgan fingerprint density at radius 3 is 2.48 bits per heavy atom. The summed E-state index contributed by atoms with van der Waals surface area (Å²) in [5.41, 5.74) is 1.90. The van der Waals surface area contributed by atoms with Gasteiger partial charge in [0.25, 0.3) is 0 Å². The highest BCUT2D eigenvalue weighted by Crippen LogP contribution is 2.34. The molecule has 0 bridgehead atoms. The molecular formula is C19H24N2O3S. The molecule has 6 heteroatoms. The summed E-state index contributed by atoms with van der Waals surface area (Å²) < 4.78 is 33.8. The number of ether oxygens (including phenoxy) is 1. The van der Waals surface area contributed by atoms with Gasteiger partial charge in [0.2, 0.25) is 10.0 Å².